The van der Waals surface area contributed by atoms with Gasteiger partial charge in [0.1, 0.15) is 11.9 Å². The molecule has 0 amide bonds. The number of pyridine rings is 1. The summed E-state index contributed by atoms with van der Waals surface area (Å²) < 4.78 is 0. The molecule has 0 aliphatic carbocycles. The molecule has 0 bridgehead atoms. The first kappa shape index (κ1) is 10.9. The Morgan fingerprint density at radius 2 is 2.17 bits per heavy atom. The van der Waals surface area contributed by atoms with Crippen LogP contribution in [0.5, 0.6) is 0 Å². The van der Waals surface area contributed by atoms with E-state index in [1.807, 2.05) is 24.3 Å². The number of benzene rings is 1. The van der Waals surface area contributed by atoms with Gasteiger partial charge in [-0.05, 0) is 6.07 Å². The van der Waals surface area contributed by atoms with Gasteiger partial charge in [-0.1, -0.05) is 18.2 Å². The summed E-state index contributed by atoms with van der Waals surface area (Å²) in [5.74, 6) is 0. The van der Waals surface area contributed by atoms with E-state index in [0.717, 1.165) is 24.0 Å². The van der Waals surface area contributed by atoms with Crippen LogP contribution in [0, 0.1) is 10.1 Å². The molecule has 6 heteroatoms. The number of hydrogen-bond acceptors (Lipinski definition) is 5. The molecule has 1 aliphatic heterocycles. The maximum atomic E-state index is 11.1. The minimum absolute atomic E-state index is 0.0283. The smallest absolute Gasteiger partial charge is 0.311 e. The van der Waals surface area contributed by atoms with Gasteiger partial charge in [0, 0.05) is 18.5 Å². The summed E-state index contributed by atoms with van der Waals surface area (Å²) in [6, 6.07) is 7.68. The van der Waals surface area contributed by atoms with E-state index in [4.69, 9.17) is 0 Å². The first-order valence-corrected chi connectivity index (χ1v) is 5.75. The van der Waals surface area contributed by atoms with Crippen LogP contribution in [0.2, 0.25) is 0 Å². The van der Waals surface area contributed by atoms with Gasteiger partial charge in [0.25, 0.3) is 0 Å². The Morgan fingerprint density at radius 3 is 2.83 bits per heavy atom. The monoisotopic (exact) mass is 244 g/mol. The zero-order valence-electron chi connectivity index (χ0n) is 9.59. The molecule has 2 N–H and O–H groups in total. The van der Waals surface area contributed by atoms with Crippen molar-refractivity contribution < 1.29 is 4.92 Å². The highest BCUT2D eigenvalue weighted by atomic mass is 16.6. The molecular weight excluding hydrogens is 232 g/mol. The molecule has 1 saturated heterocycles. The normalized spacial score (nSPS) is 15.3. The summed E-state index contributed by atoms with van der Waals surface area (Å²) in [5.41, 5.74) is 1.36. The number of para-hydroxylation sites is 1. The van der Waals surface area contributed by atoms with E-state index in [2.05, 4.69) is 15.6 Å². The second-order valence-corrected chi connectivity index (χ2v) is 4.29. The van der Waals surface area contributed by atoms with Gasteiger partial charge in [-0.15, -0.1) is 0 Å². The van der Waals surface area contributed by atoms with E-state index in [0.29, 0.717) is 5.69 Å². The second kappa shape index (κ2) is 4.23. The number of fused-ring (bicyclic) bond motifs is 1. The molecule has 1 aliphatic rings. The summed E-state index contributed by atoms with van der Waals surface area (Å²) >= 11 is 0. The van der Waals surface area contributed by atoms with Crippen molar-refractivity contribution >= 4 is 22.3 Å². The van der Waals surface area contributed by atoms with Gasteiger partial charge >= 0.3 is 5.69 Å². The maximum absolute atomic E-state index is 11.1. The van der Waals surface area contributed by atoms with Gasteiger partial charge in [-0.3, -0.25) is 10.1 Å². The largest absolute Gasteiger partial charge is 0.374 e. The minimum Gasteiger partial charge on any atom is -0.374 e. The molecular formula is C12H12N4O2. The Balaban J connectivity index is 2.14. The summed E-state index contributed by atoms with van der Waals surface area (Å²) in [6.45, 7) is 1.65. The van der Waals surface area contributed by atoms with Crippen LogP contribution in [-0.4, -0.2) is 29.0 Å². The molecule has 6 nitrogen and oxygen atoms in total. The Morgan fingerprint density at radius 1 is 1.39 bits per heavy atom. The lowest BCUT2D eigenvalue weighted by molar-refractivity contribution is -0.384. The third kappa shape index (κ3) is 1.76. The van der Waals surface area contributed by atoms with Gasteiger partial charge in [0.15, 0.2) is 0 Å². The van der Waals surface area contributed by atoms with Crippen molar-refractivity contribution in [2.45, 2.75) is 6.04 Å². The zero-order chi connectivity index (χ0) is 12.5. The molecule has 0 saturated carbocycles. The van der Waals surface area contributed by atoms with Crippen LogP contribution in [0.1, 0.15) is 0 Å². The summed E-state index contributed by atoms with van der Waals surface area (Å²) in [5, 5.41) is 18.2. The Hall–Kier alpha value is -2.21. The van der Waals surface area contributed by atoms with Crippen LogP contribution in [-0.2, 0) is 0 Å². The second-order valence-electron chi connectivity index (χ2n) is 4.29. The fraction of sp³-hybridized carbons (Fsp3) is 0.250. The average molecular weight is 244 g/mol. The van der Waals surface area contributed by atoms with Crippen LogP contribution in [0.25, 0.3) is 10.9 Å². The Kier molecular flexibility index (Phi) is 2.56. The highest BCUT2D eigenvalue weighted by Crippen LogP contribution is 2.32. The fourth-order valence-electron chi connectivity index (χ4n) is 2.02. The lowest BCUT2D eigenvalue weighted by Crippen LogP contribution is -2.51. The third-order valence-electron chi connectivity index (χ3n) is 3.08. The van der Waals surface area contributed by atoms with Crippen molar-refractivity contribution in [3.63, 3.8) is 0 Å². The van der Waals surface area contributed by atoms with Gasteiger partial charge < -0.3 is 10.6 Å². The first-order valence-electron chi connectivity index (χ1n) is 5.75. The molecule has 92 valence electrons. The highest BCUT2D eigenvalue weighted by Gasteiger charge is 2.23. The number of rotatable bonds is 3. The molecule has 0 atom stereocenters. The van der Waals surface area contributed by atoms with E-state index < -0.39 is 4.92 Å². The number of nitrogens with zero attached hydrogens (tertiary/aromatic N) is 2. The van der Waals surface area contributed by atoms with Crippen LogP contribution in [0.15, 0.2) is 30.5 Å². The predicted molar refractivity (Wildman–Crippen MR) is 68.7 cm³/mol. The number of anilines is 1. The van der Waals surface area contributed by atoms with E-state index in [9.17, 15) is 10.1 Å². The SMILES string of the molecule is O=[N+]([O-])c1cnc2ccccc2c1NC1CNC1. The molecule has 1 aromatic heterocycles. The molecule has 2 aromatic rings. The van der Waals surface area contributed by atoms with Crippen molar-refractivity contribution in [1.82, 2.24) is 10.3 Å². The van der Waals surface area contributed by atoms with Crippen molar-refractivity contribution in [3.8, 4) is 0 Å². The van der Waals surface area contributed by atoms with E-state index >= 15 is 0 Å². The first-order chi connectivity index (χ1) is 8.75. The summed E-state index contributed by atoms with van der Waals surface area (Å²) in [7, 11) is 0. The molecule has 18 heavy (non-hydrogen) atoms. The molecule has 1 fully saturated rings. The lowest BCUT2D eigenvalue weighted by atomic mass is 10.1. The quantitative estimate of drug-likeness (QED) is 0.632. The lowest BCUT2D eigenvalue weighted by Gasteiger charge is -2.29. The summed E-state index contributed by atoms with van der Waals surface area (Å²) in [4.78, 5) is 14.8. The standard InChI is InChI=1S/C12H12N4O2/c17-16(18)11-7-14-10-4-2-1-3-9(10)12(11)15-8-5-13-6-8/h1-4,7-8,13H,5-6H2,(H,14,15). The van der Waals surface area contributed by atoms with Gasteiger partial charge in [0.05, 0.1) is 16.5 Å². The number of aromatic nitrogens is 1. The van der Waals surface area contributed by atoms with Gasteiger partial charge in [-0.25, -0.2) is 4.98 Å². The minimum atomic E-state index is -0.395. The molecule has 0 radical (unpaired) electrons. The molecule has 0 spiro atoms. The number of hydrogen-bond donors (Lipinski definition) is 2. The molecule has 2 heterocycles. The van der Waals surface area contributed by atoms with Crippen LogP contribution >= 0.6 is 0 Å². The Labute approximate surface area is 103 Å². The highest BCUT2D eigenvalue weighted by molar-refractivity contribution is 5.95. The number of nitro groups is 1. The van der Waals surface area contributed by atoms with Gasteiger partial charge in [0.2, 0.25) is 0 Å². The third-order valence-corrected chi connectivity index (χ3v) is 3.08. The predicted octanol–water partition coefficient (Wildman–Crippen LogP) is 1.53. The maximum Gasteiger partial charge on any atom is 0.311 e. The summed E-state index contributed by atoms with van der Waals surface area (Å²) in [6.07, 6.45) is 1.32. The van der Waals surface area contributed by atoms with Crippen molar-refractivity contribution in [2.24, 2.45) is 0 Å². The van der Waals surface area contributed by atoms with Crippen molar-refractivity contribution in [3.05, 3.63) is 40.6 Å². The van der Waals surface area contributed by atoms with E-state index in [1.54, 1.807) is 0 Å². The molecule has 3 rings (SSSR count). The number of nitrogens with one attached hydrogen (secondary N) is 2. The average Bonchev–Trinajstić information content (AvgIpc) is 2.33. The fourth-order valence-corrected chi connectivity index (χ4v) is 2.02. The van der Waals surface area contributed by atoms with E-state index in [1.165, 1.54) is 6.20 Å². The van der Waals surface area contributed by atoms with Gasteiger partial charge in [-0.2, -0.15) is 0 Å². The molecule has 0 unspecified atom stereocenters. The Bertz CT molecular complexity index is 610. The topological polar surface area (TPSA) is 80.1 Å². The van der Waals surface area contributed by atoms with Crippen molar-refractivity contribution in [2.75, 3.05) is 18.4 Å². The van der Waals surface area contributed by atoms with Crippen LogP contribution in [0.4, 0.5) is 11.4 Å². The van der Waals surface area contributed by atoms with E-state index in [-0.39, 0.29) is 11.7 Å². The van der Waals surface area contributed by atoms with Crippen molar-refractivity contribution in [1.29, 1.82) is 0 Å². The van der Waals surface area contributed by atoms with Crippen LogP contribution in [0.3, 0.4) is 0 Å². The zero-order valence-corrected chi connectivity index (χ0v) is 9.59. The van der Waals surface area contributed by atoms with Crippen LogP contribution < -0.4 is 10.6 Å². The molecule has 1 aromatic carbocycles.